The minimum Gasteiger partial charge on any atom is -0.488 e. The van der Waals surface area contributed by atoms with E-state index in [-0.39, 0.29) is 30.1 Å². The third-order valence-corrected chi connectivity index (χ3v) is 8.74. The smallest absolute Gasteiger partial charge is 0.323 e. The fourth-order valence-electron chi connectivity index (χ4n) is 6.26. The average molecular weight is 625 g/mol. The average Bonchev–Trinajstić information content (AvgIpc) is 3.75. The standard InChI is InChI=1S/C39H48N2O5/c1-27(2)21-35(39(43)46-32-17-11-12-18-32)40-31-19-20-41(24-31)38(42)34-22-33(28(3)4)36(44-25-29-13-7-5-8-14-29)23-37(34)45-26-30-15-9-6-10-16-30/h5-10,13-16,22-23,27,31-32,35,40H,3,11-12,17-21,24-26H2,1-2,4H3/t31?,35-/m0/s1. The molecule has 2 fully saturated rings. The number of amides is 1. The van der Waals surface area contributed by atoms with Crippen molar-refractivity contribution in [1.82, 2.24) is 10.2 Å². The van der Waals surface area contributed by atoms with E-state index in [0.717, 1.165) is 54.4 Å². The molecule has 1 saturated carbocycles. The Hall–Kier alpha value is -4.10. The highest BCUT2D eigenvalue weighted by Gasteiger charge is 2.34. The van der Waals surface area contributed by atoms with Gasteiger partial charge in [-0.2, -0.15) is 0 Å². The lowest BCUT2D eigenvalue weighted by Crippen LogP contribution is -2.47. The summed E-state index contributed by atoms with van der Waals surface area (Å²) in [6, 6.07) is 23.2. The highest BCUT2D eigenvalue weighted by molar-refractivity contribution is 5.98. The van der Waals surface area contributed by atoms with E-state index in [1.807, 2.05) is 84.6 Å². The summed E-state index contributed by atoms with van der Waals surface area (Å²) < 4.78 is 18.5. The van der Waals surface area contributed by atoms with Crippen LogP contribution < -0.4 is 14.8 Å². The molecule has 7 heteroatoms. The van der Waals surface area contributed by atoms with Crippen LogP contribution >= 0.6 is 0 Å². The molecule has 1 aliphatic heterocycles. The first-order valence-corrected chi connectivity index (χ1v) is 16.7. The third kappa shape index (κ3) is 9.00. The summed E-state index contributed by atoms with van der Waals surface area (Å²) in [6.45, 7) is 12.1. The Labute approximate surface area is 273 Å². The molecule has 5 rings (SSSR count). The van der Waals surface area contributed by atoms with Crippen molar-refractivity contribution < 1.29 is 23.8 Å². The Morgan fingerprint density at radius 3 is 2.02 bits per heavy atom. The number of allylic oxidation sites excluding steroid dienone is 1. The van der Waals surface area contributed by atoms with E-state index in [9.17, 15) is 9.59 Å². The van der Waals surface area contributed by atoms with Crippen molar-refractivity contribution in [1.29, 1.82) is 0 Å². The molecule has 0 spiro atoms. The number of hydrogen-bond acceptors (Lipinski definition) is 6. The number of carbonyl (C=O) groups is 2. The van der Waals surface area contributed by atoms with Gasteiger partial charge in [0.05, 0.1) is 5.56 Å². The molecule has 2 atom stereocenters. The molecule has 0 aromatic heterocycles. The maximum atomic E-state index is 14.2. The van der Waals surface area contributed by atoms with Crippen LogP contribution in [0.3, 0.4) is 0 Å². The summed E-state index contributed by atoms with van der Waals surface area (Å²) >= 11 is 0. The molecule has 0 radical (unpaired) electrons. The van der Waals surface area contributed by atoms with Crippen LogP contribution in [-0.4, -0.2) is 48.1 Å². The van der Waals surface area contributed by atoms with Gasteiger partial charge in [-0.15, -0.1) is 0 Å². The molecule has 1 N–H and O–H groups in total. The molecular formula is C39H48N2O5. The summed E-state index contributed by atoms with van der Waals surface area (Å²) in [6.07, 6.45) is 5.60. The van der Waals surface area contributed by atoms with E-state index in [2.05, 4.69) is 25.7 Å². The van der Waals surface area contributed by atoms with Crippen LogP contribution in [0.2, 0.25) is 0 Å². The van der Waals surface area contributed by atoms with E-state index in [1.54, 1.807) is 0 Å². The molecule has 0 bridgehead atoms. The number of esters is 1. The number of nitrogens with zero attached hydrogens (tertiary/aromatic N) is 1. The molecule has 1 heterocycles. The molecule has 3 aromatic rings. The van der Waals surface area contributed by atoms with E-state index in [0.29, 0.717) is 55.7 Å². The van der Waals surface area contributed by atoms with Crippen molar-refractivity contribution in [3.05, 3.63) is 102 Å². The molecule has 1 aliphatic carbocycles. The maximum absolute atomic E-state index is 14.2. The molecule has 46 heavy (non-hydrogen) atoms. The van der Waals surface area contributed by atoms with Gasteiger partial charge in [-0.05, 0) is 74.1 Å². The summed E-state index contributed by atoms with van der Waals surface area (Å²) in [5, 5.41) is 3.56. The first kappa shape index (κ1) is 33.3. The largest absolute Gasteiger partial charge is 0.488 e. The van der Waals surface area contributed by atoms with E-state index >= 15 is 0 Å². The van der Waals surface area contributed by atoms with Crippen molar-refractivity contribution in [2.75, 3.05) is 13.1 Å². The normalized spacial score (nSPS) is 17.2. The number of benzene rings is 3. The Morgan fingerprint density at radius 1 is 0.870 bits per heavy atom. The van der Waals surface area contributed by atoms with Crippen molar-refractivity contribution in [3.8, 4) is 11.5 Å². The first-order chi connectivity index (χ1) is 22.3. The monoisotopic (exact) mass is 624 g/mol. The Balaban J connectivity index is 1.34. The summed E-state index contributed by atoms with van der Waals surface area (Å²) in [7, 11) is 0. The highest BCUT2D eigenvalue weighted by Crippen LogP contribution is 2.35. The summed E-state index contributed by atoms with van der Waals surface area (Å²) in [5.41, 5.74) is 4.08. The SMILES string of the molecule is C=C(C)c1cc(C(=O)N2CCC(N[C@@H](CC(C)C)C(=O)OC3CCCC3)C2)c(OCc2ccccc2)cc1OCc1ccccc1. The number of ether oxygens (including phenoxy) is 3. The van der Waals surface area contributed by atoms with Crippen LogP contribution in [0.15, 0.2) is 79.4 Å². The second-order valence-corrected chi connectivity index (χ2v) is 13.1. The Kier molecular flexibility index (Phi) is 11.5. The van der Waals surface area contributed by atoms with Crippen LogP contribution in [0, 0.1) is 5.92 Å². The van der Waals surface area contributed by atoms with E-state index in [1.165, 1.54) is 0 Å². The maximum Gasteiger partial charge on any atom is 0.323 e. The molecule has 7 nitrogen and oxygen atoms in total. The van der Waals surface area contributed by atoms with Gasteiger partial charge in [0, 0.05) is 30.8 Å². The number of hydrogen-bond donors (Lipinski definition) is 1. The number of likely N-dealkylation sites (tertiary alicyclic amines) is 1. The van der Waals surface area contributed by atoms with Gasteiger partial charge in [0.1, 0.15) is 36.9 Å². The van der Waals surface area contributed by atoms with Gasteiger partial charge >= 0.3 is 5.97 Å². The zero-order chi connectivity index (χ0) is 32.5. The number of carbonyl (C=O) groups excluding carboxylic acids is 2. The van der Waals surface area contributed by atoms with Gasteiger partial charge in [-0.1, -0.05) is 81.1 Å². The Bertz CT molecular complexity index is 1470. The van der Waals surface area contributed by atoms with Crippen molar-refractivity contribution in [3.63, 3.8) is 0 Å². The molecule has 1 unspecified atom stereocenters. The minimum atomic E-state index is -0.388. The predicted molar refractivity (Wildman–Crippen MR) is 182 cm³/mol. The lowest BCUT2D eigenvalue weighted by Gasteiger charge is -2.25. The first-order valence-electron chi connectivity index (χ1n) is 16.7. The van der Waals surface area contributed by atoms with Gasteiger partial charge < -0.3 is 19.1 Å². The van der Waals surface area contributed by atoms with Gasteiger partial charge in [0.2, 0.25) is 0 Å². The van der Waals surface area contributed by atoms with Crippen molar-refractivity contribution in [2.24, 2.45) is 5.92 Å². The van der Waals surface area contributed by atoms with E-state index in [4.69, 9.17) is 14.2 Å². The van der Waals surface area contributed by atoms with Crippen LogP contribution in [0.25, 0.3) is 5.57 Å². The molecule has 1 amide bonds. The quantitative estimate of drug-likeness (QED) is 0.186. The number of rotatable bonds is 14. The minimum absolute atomic E-state index is 0.00777. The second kappa shape index (κ2) is 15.9. The molecule has 244 valence electrons. The van der Waals surface area contributed by atoms with Crippen LogP contribution in [0.1, 0.15) is 86.3 Å². The molecule has 3 aromatic carbocycles. The zero-order valence-electron chi connectivity index (χ0n) is 27.5. The molecule has 1 saturated heterocycles. The lowest BCUT2D eigenvalue weighted by atomic mass is 10.0. The fourth-order valence-corrected chi connectivity index (χ4v) is 6.26. The van der Waals surface area contributed by atoms with Crippen molar-refractivity contribution in [2.45, 2.75) is 90.7 Å². The summed E-state index contributed by atoms with van der Waals surface area (Å²) in [5.74, 6) is 1.14. The Morgan fingerprint density at radius 2 is 1.46 bits per heavy atom. The van der Waals surface area contributed by atoms with Crippen LogP contribution in [0.4, 0.5) is 0 Å². The van der Waals surface area contributed by atoms with Crippen molar-refractivity contribution >= 4 is 17.4 Å². The van der Waals surface area contributed by atoms with Gasteiger partial charge in [0.25, 0.3) is 5.91 Å². The zero-order valence-corrected chi connectivity index (χ0v) is 27.5. The molecule has 2 aliphatic rings. The topological polar surface area (TPSA) is 77.1 Å². The summed E-state index contributed by atoms with van der Waals surface area (Å²) in [4.78, 5) is 29.2. The van der Waals surface area contributed by atoms with Crippen LogP contribution in [-0.2, 0) is 22.7 Å². The van der Waals surface area contributed by atoms with Crippen LogP contribution in [0.5, 0.6) is 11.5 Å². The lowest BCUT2D eigenvalue weighted by molar-refractivity contribution is -0.152. The van der Waals surface area contributed by atoms with Gasteiger partial charge in [-0.25, -0.2) is 0 Å². The second-order valence-electron chi connectivity index (χ2n) is 13.1. The molecular weight excluding hydrogens is 576 g/mol. The fraction of sp³-hybridized carbons (Fsp3) is 0.436. The predicted octanol–water partition coefficient (Wildman–Crippen LogP) is 7.58. The van der Waals surface area contributed by atoms with E-state index < -0.39 is 0 Å². The number of nitrogens with one attached hydrogen (secondary N) is 1. The highest BCUT2D eigenvalue weighted by atomic mass is 16.5. The van der Waals surface area contributed by atoms with Gasteiger partial charge in [-0.3, -0.25) is 14.9 Å². The van der Waals surface area contributed by atoms with Gasteiger partial charge in [0.15, 0.2) is 0 Å². The third-order valence-electron chi connectivity index (χ3n) is 8.74.